The fraction of sp³-hybridized carbons (Fsp3) is 0.238. The van der Waals surface area contributed by atoms with Gasteiger partial charge in [-0.05, 0) is 18.1 Å². The summed E-state index contributed by atoms with van der Waals surface area (Å²) in [6.07, 6.45) is 5.25. The van der Waals surface area contributed by atoms with E-state index in [0.29, 0.717) is 35.7 Å². The van der Waals surface area contributed by atoms with Gasteiger partial charge in [-0.3, -0.25) is 0 Å². The molecule has 1 aliphatic rings. The second kappa shape index (κ2) is 8.23. The van der Waals surface area contributed by atoms with Crippen LogP contribution in [0.1, 0.15) is 17.7 Å². The first-order valence-corrected chi connectivity index (χ1v) is 9.77. The van der Waals surface area contributed by atoms with E-state index < -0.39 is 5.82 Å². The molecule has 3 aromatic heterocycles. The summed E-state index contributed by atoms with van der Waals surface area (Å²) in [7, 11) is 0. The Labute approximate surface area is 176 Å². The molecule has 0 spiro atoms. The summed E-state index contributed by atoms with van der Waals surface area (Å²) >= 11 is 0. The quantitative estimate of drug-likeness (QED) is 0.486. The lowest BCUT2D eigenvalue weighted by molar-refractivity contribution is 0.106. The zero-order valence-corrected chi connectivity index (χ0v) is 16.4. The van der Waals surface area contributed by atoms with Crippen LogP contribution in [0, 0.1) is 11.6 Å². The monoisotopic (exact) mass is 424 g/mol. The van der Waals surface area contributed by atoms with Gasteiger partial charge in [0.2, 0.25) is 0 Å². The molecule has 8 nitrogen and oxygen atoms in total. The van der Waals surface area contributed by atoms with Crippen molar-refractivity contribution in [3.05, 3.63) is 71.9 Å². The van der Waals surface area contributed by atoms with Gasteiger partial charge in [0.15, 0.2) is 11.6 Å². The van der Waals surface area contributed by atoms with E-state index in [4.69, 9.17) is 9.26 Å². The van der Waals surface area contributed by atoms with E-state index in [-0.39, 0.29) is 30.7 Å². The minimum atomic E-state index is -0.537. The summed E-state index contributed by atoms with van der Waals surface area (Å²) in [5.41, 5.74) is 2.25. The number of halogens is 2. The number of anilines is 1. The molecule has 0 aliphatic carbocycles. The van der Waals surface area contributed by atoms with Gasteiger partial charge in [0.05, 0.1) is 18.5 Å². The van der Waals surface area contributed by atoms with Crippen LogP contribution in [0.2, 0.25) is 0 Å². The number of rotatable bonds is 5. The fourth-order valence-corrected chi connectivity index (χ4v) is 3.48. The highest BCUT2D eigenvalue weighted by Gasteiger charge is 2.21. The van der Waals surface area contributed by atoms with E-state index in [2.05, 4.69) is 20.2 Å². The van der Waals surface area contributed by atoms with Crippen molar-refractivity contribution in [3.63, 3.8) is 0 Å². The first-order valence-electron chi connectivity index (χ1n) is 9.77. The molecule has 1 fully saturated rings. The second-order valence-corrected chi connectivity index (χ2v) is 7.08. The third-order valence-electron chi connectivity index (χ3n) is 5.00. The average Bonchev–Trinajstić information content (AvgIpc) is 3.46. The molecule has 0 unspecified atom stereocenters. The standard InChI is InChI=1S/C21H18F2N6O2/c22-16-5-2-1-4-14(16)10-19-15(18-6-9-31-27-18)12-29(26-19)21-24-11-17(23)20(25-21)28-7-3-8-30-13-28/h1-2,4-6,9,11-12H,3,7-8,10,13H2. The molecule has 0 N–H and O–H groups in total. The topological polar surface area (TPSA) is 82.1 Å². The Morgan fingerprint density at radius 2 is 2.00 bits per heavy atom. The minimum Gasteiger partial charge on any atom is -0.364 e. The van der Waals surface area contributed by atoms with Crippen molar-refractivity contribution in [2.24, 2.45) is 0 Å². The molecule has 4 aromatic rings. The van der Waals surface area contributed by atoms with Gasteiger partial charge in [-0.25, -0.2) is 18.4 Å². The number of nitrogens with zero attached hydrogens (tertiary/aromatic N) is 6. The van der Waals surface area contributed by atoms with E-state index in [9.17, 15) is 8.78 Å². The molecule has 0 atom stereocenters. The lowest BCUT2D eigenvalue weighted by atomic mass is 10.1. The second-order valence-electron chi connectivity index (χ2n) is 7.08. The summed E-state index contributed by atoms with van der Waals surface area (Å²) in [6, 6.07) is 8.19. The zero-order chi connectivity index (χ0) is 21.2. The van der Waals surface area contributed by atoms with Gasteiger partial charge in [-0.2, -0.15) is 10.1 Å². The molecule has 0 saturated carbocycles. The van der Waals surface area contributed by atoms with Crippen molar-refractivity contribution in [1.82, 2.24) is 24.9 Å². The predicted octanol–water partition coefficient (Wildman–Crippen LogP) is 3.37. The SMILES string of the molecule is Fc1ccccc1Cc1nn(-c2ncc(F)c(N3CCCOC3)n2)cc1-c1ccon1. The number of aromatic nitrogens is 5. The Balaban J connectivity index is 1.55. The van der Waals surface area contributed by atoms with Gasteiger partial charge in [0, 0.05) is 30.8 Å². The average molecular weight is 424 g/mol. The summed E-state index contributed by atoms with van der Waals surface area (Å²) in [4.78, 5) is 10.2. The molecule has 31 heavy (non-hydrogen) atoms. The van der Waals surface area contributed by atoms with Crippen molar-refractivity contribution in [2.75, 3.05) is 24.8 Å². The highest BCUT2D eigenvalue weighted by molar-refractivity contribution is 5.61. The Morgan fingerprint density at radius 3 is 2.77 bits per heavy atom. The smallest absolute Gasteiger partial charge is 0.252 e. The van der Waals surface area contributed by atoms with Gasteiger partial charge in [0.1, 0.15) is 24.5 Å². The molecule has 4 heterocycles. The highest BCUT2D eigenvalue weighted by atomic mass is 19.1. The third-order valence-corrected chi connectivity index (χ3v) is 5.00. The predicted molar refractivity (Wildman–Crippen MR) is 107 cm³/mol. The van der Waals surface area contributed by atoms with Crippen molar-refractivity contribution in [2.45, 2.75) is 12.8 Å². The molecule has 10 heteroatoms. The Morgan fingerprint density at radius 1 is 1.10 bits per heavy atom. The summed E-state index contributed by atoms with van der Waals surface area (Å²) in [5.74, 6) is -0.524. The number of benzene rings is 1. The van der Waals surface area contributed by atoms with Crippen LogP contribution >= 0.6 is 0 Å². The molecule has 0 amide bonds. The molecule has 5 rings (SSSR count). The van der Waals surface area contributed by atoms with Crippen molar-refractivity contribution >= 4 is 5.82 Å². The van der Waals surface area contributed by atoms with Crippen molar-refractivity contribution < 1.29 is 18.0 Å². The molecular weight excluding hydrogens is 406 g/mol. The first kappa shape index (κ1) is 19.3. The van der Waals surface area contributed by atoms with Crippen LogP contribution < -0.4 is 4.90 Å². The Kier molecular flexibility index (Phi) is 5.13. The van der Waals surface area contributed by atoms with E-state index in [0.717, 1.165) is 12.6 Å². The maximum atomic E-state index is 14.4. The van der Waals surface area contributed by atoms with Gasteiger partial charge < -0.3 is 14.2 Å². The van der Waals surface area contributed by atoms with Crippen LogP contribution in [0.25, 0.3) is 17.2 Å². The van der Waals surface area contributed by atoms with Crippen molar-refractivity contribution in [1.29, 1.82) is 0 Å². The number of hydrogen-bond donors (Lipinski definition) is 0. The molecule has 0 bridgehead atoms. The third kappa shape index (κ3) is 3.89. The Bertz CT molecular complexity index is 1190. The van der Waals surface area contributed by atoms with Crippen LogP contribution in [0.3, 0.4) is 0 Å². The van der Waals surface area contributed by atoms with Crippen LogP contribution in [0.4, 0.5) is 14.6 Å². The van der Waals surface area contributed by atoms with Gasteiger partial charge in [-0.15, -0.1) is 0 Å². The van der Waals surface area contributed by atoms with Crippen LogP contribution in [0.5, 0.6) is 0 Å². The summed E-state index contributed by atoms with van der Waals surface area (Å²) in [5, 5.41) is 8.54. The lowest BCUT2D eigenvalue weighted by Gasteiger charge is -2.27. The molecule has 1 aliphatic heterocycles. The maximum Gasteiger partial charge on any atom is 0.252 e. The zero-order valence-electron chi connectivity index (χ0n) is 16.4. The fourth-order valence-electron chi connectivity index (χ4n) is 3.48. The molecular formula is C21H18F2N6O2. The summed E-state index contributed by atoms with van der Waals surface area (Å²) < 4.78 is 40.4. The van der Waals surface area contributed by atoms with E-state index in [1.165, 1.54) is 17.0 Å². The molecule has 0 radical (unpaired) electrons. The number of hydrogen-bond acceptors (Lipinski definition) is 7. The molecule has 158 valence electrons. The first-order chi connectivity index (χ1) is 15.2. The van der Waals surface area contributed by atoms with Gasteiger partial charge >= 0.3 is 0 Å². The Hall–Kier alpha value is -3.66. The largest absolute Gasteiger partial charge is 0.364 e. The van der Waals surface area contributed by atoms with Gasteiger partial charge in [0.25, 0.3) is 5.95 Å². The van der Waals surface area contributed by atoms with Crippen molar-refractivity contribution in [3.8, 4) is 17.2 Å². The van der Waals surface area contributed by atoms with Crippen LogP contribution in [-0.2, 0) is 11.2 Å². The minimum absolute atomic E-state index is 0.152. The molecule has 1 saturated heterocycles. The lowest BCUT2D eigenvalue weighted by Crippen LogP contribution is -2.34. The van der Waals surface area contributed by atoms with Gasteiger partial charge in [-0.1, -0.05) is 23.4 Å². The van der Waals surface area contributed by atoms with Crippen LogP contribution in [0.15, 0.2) is 53.5 Å². The van der Waals surface area contributed by atoms with Crippen LogP contribution in [-0.4, -0.2) is 44.8 Å². The maximum absolute atomic E-state index is 14.4. The normalized spacial score (nSPS) is 14.2. The number of ether oxygens (including phenoxy) is 1. The highest BCUT2D eigenvalue weighted by Crippen LogP contribution is 2.26. The van der Waals surface area contributed by atoms with E-state index in [1.807, 2.05) is 0 Å². The van der Waals surface area contributed by atoms with E-state index in [1.54, 1.807) is 35.4 Å². The van der Waals surface area contributed by atoms with E-state index >= 15 is 0 Å². The summed E-state index contributed by atoms with van der Waals surface area (Å²) in [6.45, 7) is 1.53. The molecule has 1 aromatic carbocycles.